The van der Waals surface area contributed by atoms with Crippen molar-refractivity contribution in [2.24, 2.45) is 5.73 Å². The summed E-state index contributed by atoms with van der Waals surface area (Å²) in [5, 5.41) is 3.12. The Morgan fingerprint density at radius 3 is 2.35 bits per heavy atom. The van der Waals surface area contributed by atoms with Crippen LogP contribution in [0.5, 0.6) is 11.5 Å². The highest BCUT2D eigenvalue weighted by molar-refractivity contribution is 7.09. The lowest BCUT2D eigenvalue weighted by Gasteiger charge is -2.33. The summed E-state index contributed by atoms with van der Waals surface area (Å²) < 4.78 is 28.5. The lowest BCUT2D eigenvalue weighted by atomic mass is 9.94. The number of nitrogen functional groups attached to an aromatic ring is 1. The van der Waals surface area contributed by atoms with Gasteiger partial charge in [0.2, 0.25) is 5.91 Å². The first-order valence-corrected chi connectivity index (χ1v) is 13.6. The lowest BCUT2D eigenvalue weighted by molar-refractivity contribution is -0.127. The van der Waals surface area contributed by atoms with Crippen molar-refractivity contribution in [2.45, 2.75) is 50.7 Å². The van der Waals surface area contributed by atoms with Crippen LogP contribution in [0.1, 0.15) is 69.4 Å². The average Bonchev–Trinajstić information content (AvgIpc) is 3.35. The van der Waals surface area contributed by atoms with Crippen LogP contribution in [-0.2, 0) is 11.3 Å². The second kappa shape index (κ2) is 12.8. The number of aromatic nitrogens is 1. The number of carbonyl (C=O) groups excluding carboxylic acids is 3. The van der Waals surface area contributed by atoms with Gasteiger partial charge in [-0.15, -0.1) is 0 Å². The van der Waals surface area contributed by atoms with Crippen LogP contribution in [-0.4, -0.2) is 47.3 Å². The number of rotatable bonds is 10. The number of halogens is 1. The van der Waals surface area contributed by atoms with Gasteiger partial charge in [-0.25, -0.2) is 4.39 Å². The highest BCUT2D eigenvalue weighted by atomic mass is 32.1. The SMILES string of the molecule is COc1ccc([C@@H](C(=O)NC2CCCCC2)N(Cc2ccc(F)cc2)C(=O)c2snc(C(N)=O)c2N)cc1OC. The van der Waals surface area contributed by atoms with Crippen molar-refractivity contribution in [3.8, 4) is 11.5 Å². The van der Waals surface area contributed by atoms with Gasteiger partial charge in [0, 0.05) is 12.6 Å². The van der Waals surface area contributed by atoms with Crippen LogP contribution < -0.4 is 26.3 Å². The van der Waals surface area contributed by atoms with E-state index in [1.54, 1.807) is 18.2 Å². The van der Waals surface area contributed by atoms with Crippen LogP contribution in [0.25, 0.3) is 0 Å². The smallest absolute Gasteiger partial charge is 0.270 e. The van der Waals surface area contributed by atoms with Crippen molar-refractivity contribution in [1.29, 1.82) is 0 Å². The van der Waals surface area contributed by atoms with E-state index in [1.807, 2.05) is 0 Å². The summed E-state index contributed by atoms with van der Waals surface area (Å²) in [6.45, 7) is -0.0700. The Morgan fingerprint density at radius 1 is 1.07 bits per heavy atom. The molecule has 1 fully saturated rings. The summed E-state index contributed by atoms with van der Waals surface area (Å²) in [6.07, 6.45) is 4.77. The number of nitrogens with one attached hydrogen (secondary N) is 1. The predicted molar refractivity (Wildman–Crippen MR) is 149 cm³/mol. The summed E-state index contributed by atoms with van der Waals surface area (Å²) in [7, 11) is 2.97. The molecule has 0 saturated heterocycles. The minimum absolute atomic E-state index is 0.0353. The molecule has 40 heavy (non-hydrogen) atoms. The molecule has 12 heteroatoms. The molecular formula is C28H32FN5O5S. The molecule has 4 rings (SSSR count). The number of amides is 3. The van der Waals surface area contributed by atoms with Gasteiger partial charge in [-0.1, -0.05) is 37.5 Å². The fraction of sp³-hybridized carbons (Fsp3) is 0.357. The maximum Gasteiger partial charge on any atom is 0.270 e. The number of nitrogens with zero attached hydrogens (tertiary/aromatic N) is 2. The van der Waals surface area contributed by atoms with Crippen molar-refractivity contribution >= 4 is 34.9 Å². The van der Waals surface area contributed by atoms with Crippen molar-refractivity contribution in [2.75, 3.05) is 20.0 Å². The third-order valence-electron chi connectivity index (χ3n) is 6.92. The molecular weight excluding hydrogens is 537 g/mol. The predicted octanol–water partition coefficient (Wildman–Crippen LogP) is 3.81. The van der Waals surface area contributed by atoms with Crippen LogP contribution in [0.3, 0.4) is 0 Å². The Balaban J connectivity index is 1.83. The second-order valence-corrected chi connectivity index (χ2v) is 10.3. The van der Waals surface area contributed by atoms with Gasteiger partial charge in [0.1, 0.15) is 16.7 Å². The van der Waals surface area contributed by atoms with E-state index in [4.69, 9.17) is 20.9 Å². The Kier molecular flexibility index (Phi) is 9.20. The van der Waals surface area contributed by atoms with E-state index in [9.17, 15) is 18.8 Å². The Morgan fingerprint density at radius 2 is 1.75 bits per heavy atom. The van der Waals surface area contributed by atoms with Crippen molar-refractivity contribution < 1.29 is 28.2 Å². The topological polar surface area (TPSA) is 150 Å². The fourth-order valence-corrected chi connectivity index (χ4v) is 5.61. The monoisotopic (exact) mass is 569 g/mol. The van der Waals surface area contributed by atoms with Gasteiger partial charge >= 0.3 is 0 Å². The van der Waals surface area contributed by atoms with Crippen molar-refractivity contribution in [1.82, 2.24) is 14.6 Å². The molecule has 1 saturated carbocycles. The molecule has 5 N–H and O–H groups in total. The number of hydrogen-bond acceptors (Lipinski definition) is 8. The molecule has 3 amide bonds. The molecule has 2 aromatic carbocycles. The zero-order valence-corrected chi connectivity index (χ0v) is 23.1. The number of nitrogens with two attached hydrogens (primary N) is 2. The molecule has 1 heterocycles. The van der Waals surface area contributed by atoms with Gasteiger partial charge in [0.05, 0.1) is 19.9 Å². The van der Waals surface area contributed by atoms with E-state index >= 15 is 0 Å². The van der Waals surface area contributed by atoms with Gasteiger partial charge < -0.3 is 31.2 Å². The highest BCUT2D eigenvalue weighted by Gasteiger charge is 2.36. The summed E-state index contributed by atoms with van der Waals surface area (Å²) in [5.41, 5.74) is 12.1. The second-order valence-electron chi connectivity index (χ2n) is 9.56. The van der Waals surface area contributed by atoms with Gasteiger partial charge in [0.25, 0.3) is 11.8 Å². The molecule has 1 aliphatic rings. The Labute approximate surface area is 235 Å². The van der Waals surface area contributed by atoms with Gasteiger partial charge in [-0.2, -0.15) is 4.37 Å². The maximum absolute atomic E-state index is 14.1. The molecule has 1 aromatic heterocycles. The standard InChI is InChI=1S/C28H32FN5O5S/c1-38-20-13-10-17(14-21(20)39-2)24(27(36)32-19-6-4-3-5-7-19)34(15-16-8-11-18(29)12-9-16)28(37)25-22(30)23(26(31)35)33-40-25/h8-14,19,24H,3-7,15,30H2,1-2H3,(H2,31,35)(H,32,36)/t24-/m0/s1. The number of ether oxygens (including phenoxy) is 2. The van der Waals surface area contributed by atoms with Crippen molar-refractivity contribution in [3.63, 3.8) is 0 Å². The summed E-state index contributed by atoms with van der Waals surface area (Å²) in [6, 6.07) is 9.41. The largest absolute Gasteiger partial charge is 0.493 e. The number of primary amides is 1. The number of benzene rings is 2. The average molecular weight is 570 g/mol. The van der Waals surface area contributed by atoms with Crippen LogP contribution in [0.15, 0.2) is 42.5 Å². The number of hydrogen-bond donors (Lipinski definition) is 3. The molecule has 10 nitrogen and oxygen atoms in total. The third-order valence-corrected chi connectivity index (χ3v) is 7.77. The van der Waals surface area contributed by atoms with Crippen LogP contribution in [0.4, 0.5) is 10.1 Å². The van der Waals surface area contributed by atoms with E-state index in [1.165, 1.54) is 43.4 Å². The fourth-order valence-electron chi connectivity index (χ4n) is 4.85. The maximum atomic E-state index is 14.1. The van der Waals surface area contributed by atoms with Crippen LogP contribution in [0.2, 0.25) is 0 Å². The number of carbonyl (C=O) groups is 3. The van der Waals surface area contributed by atoms with Gasteiger partial charge in [0.15, 0.2) is 17.2 Å². The molecule has 3 aromatic rings. The van der Waals surface area contributed by atoms with Crippen LogP contribution in [0, 0.1) is 5.82 Å². The number of anilines is 1. The molecule has 0 unspecified atom stereocenters. The molecule has 1 aliphatic carbocycles. The molecule has 0 bridgehead atoms. The molecule has 1 atom stereocenters. The highest BCUT2D eigenvalue weighted by Crippen LogP contribution is 2.35. The lowest BCUT2D eigenvalue weighted by Crippen LogP contribution is -2.46. The molecule has 212 valence electrons. The minimum Gasteiger partial charge on any atom is -0.493 e. The first-order valence-electron chi connectivity index (χ1n) is 12.9. The zero-order chi connectivity index (χ0) is 28.8. The summed E-state index contributed by atoms with van der Waals surface area (Å²) in [4.78, 5) is 41.2. The third kappa shape index (κ3) is 6.33. The Bertz CT molecular complexity index is 1370. The van der Waals surface area contributed by atoms with Crippen molar-refractivity contribution in [3.05, 3.63) is 70.0 Å². The van der Waals surface area contributed by atoms with E-state index in [0.29, 0.717) is 22.6 Å². The quantitative estimate of drug-likeness (QED) is 0.336. The first-order chi connectivity index (χ1) is 19.2. The Hall–Kier alpha value is -4.19. The molecule has 0 radical (unpaired) electrons. The zero-order valence-electron chi connectivity index (χ0n) is 22.3. The van der Waals surface area contributed by atoms with Gasteiger partial charge in [-0.3, -0.25) is 14.4 Å². The molecule has 0 spiro atoms. The van der Waals surface area contributed by atoms with E-state index in [0.717, 1.165) is 43.6 Å². The summed E-state index contributed by atoms with van der Waals surface area (Å²) in [5.74, 6) is -1.52. The first kappa shape index (κ1) is 28.8. The van der Waals surface area contributed by atoms with E-state index < -0.39 is 29.6 Å². The normalized spacial score (nSPS) is 14.3. The minimum atomic E-state index is -1.14. The molecule has 0 aliphatic heterocycles. The summed E-state index contributed by atoms with van der Waals surface area (Å²) >= 11 is 0.724. The van der Waals surface area contributed by atoms with Gasteiger partial charge in [-0.05, 0) is 59.8 Å². The van der Waals surface area contributed by atoms with E-state index in [-0.39, 0.29) is 28.8 Å². The number of methoxy groups -OCH3 is 2. The van der Waals surface area contributed by atoms with Crippen LogP contribution >= 0.6 is 11.5 Å². The van der Waals surface area contributed by atoms with E-state index in [2.05, 4.69) is 9.69 Å².